The number of hydrazone groups is 1. The molecule has 0 atom stereocenters. The van der Waals surface area contributed by atoms with Crippen LogP contribution >= 0.6 is 11.6 Å². The van der Waals surface area contributed by atoms with Crippen LogP contribution < -0.4 is 15.5 Å². The number of benzene rings is 2. The fourth-order valence-corrected chi connectivity index (χ4v) is 2.12. The molecule has 0 saturated heterocycles. The van der Waals surface area contributed by atoms with Crippen LogP contribution in [0.25, 0.3) is 0 Å². The molecule has 0 unspecified atom stereocenters. The van der Waals surface area contributed by atoms with Crippen LogP contribution in [-0.4, -0.2) is 24.6 Å². The molecule has 2 aromatic rings. The summed E-state index contributed by atoms with van der Waals surface area (Å²) in [5, 5.41) is 6.77. The summed E-state index contributed by atoms with van der Waals surface area (Å²) in [7, 11) is 0. The number of nitrogens with zero attached hydrogens (tertiary/aromatic N) is 1. The number of carbonyl (C=O) groups is 2. The highest BCUT2D eigenvalue weighted by Gasteiger charge is 2.12. The molecule has 130 valence electrons. The maximum Gasteiger partial charge on any atom is 0.329 e. The van der Waals surface area contributed by atoms with E-state index in [9.17, 15) is 9.59 Å². The van der Waals surface area contributed by atoms with E-state index in [1.807, 2.05) is 26.0 Å². The Morgan fingerprint density at radius 1 is 1.16 bits per heavy atom. The minimum absolute atomic E-state index is 0.480. The van der Waals surface area contributed by atoms with Gasteiger partial charge >= 0.3 is 11.8 Å². The molecule has 2 amide bonds. The molecule has 7 heteroatoms. The molecule has 2 N–H and O–H groups in total. The summed E-state index contributed by atoms with van der Waals surface area (Å²) in [5.41, 5.74) is 4.35. The molecule has 0 spiro atoms. The fourth-order valence-electron chi connectivity index (χ4n) is 1.94. The Bertz CT molecular complexity index is 789. The molecule has 2 rings (SSSR count). The number of amides is 2. The maximum absolute atomic E-state index is 11.8. The van der Waals surface area contributed by atoms with E-state index < -0.39 is 11.8 Å². The van der Waals surface area contributed by atoms with Crippen LogP contribution in [0.4, 0.5) is 5.69 Å². The Morgan fingerprint density at radius 2 is 1.88 bits per heavy atom. The molecule has 0 bridgehead atoms. The van der Waals surface area contributed by atoms with Gasteiger partial charge in [-0.2, -0.15) is 5.10 Å². The summed E-state index contributed by atoms with van der Waals surface area (Å²) in [4.78, 5) is 23.6. The summed E-state index contributed by atoms with van der Waals surface area (Å²) < 4.78 is 5.44. The van der Waals surface area contributed by atoms with Gasteiger partial charge in [0.15, 0.2) is 0 Å². The highest BCUT2D eigenvalue weighted by atomic mass is 35.5. The van der Waals surface area contributed by atoms with Gasteiger partial charge in [-0.3, -0.25) is 9.59 Å². The Hall–Kier alpha value is -2.86. The van der Waals surface area contributed by atoms with E-state index in [-0.39, 0.29) is 0 Å². The van der Waals surface area contributed by atoms with Crippen molar-refractivity contribution >= 4 is 35.3 Å². The molecule has 0 fully saturated rings. The monoisotopic (exact) mass is 359 g/mol. The summed E-state index contributed by atoms with van der Waals surface area (Å²) in [6, 6.07) is 12.1. The lowest BCUT2D eigenvalue weighted by molar-refractivity contribution is -0.136. The lowest BCUT2D eigenvalue weighted by Crippen LogP contribution is -2.32. The molecule has 0 aliphatic rings. The molecule has 2 aromatic carbocycles. The van der Waals surface area contributed by atoms with Gasteiger partial charge < -0.3 is 10.1 Å². The van der Waals surface area contributed by atoms with Crippen molar-refractivity contribution in [2.75, 3.05) is 11.9 Å². The predicted molar refractivity (Wildman–Crippen MR) is 98.2 cm³/mol. The van der Waals surface area contributed by atoms with E-state index in [0.29, 0.717) is 28.6 Å². The van der Waals surface area contributed by atoms with Crippen LogP contribution in [0.1, 0.15) is 18.1 Å². The fraction of sp³-hybridized carbons (Fsp3) is 0.167. The number of rotatable bonds is 5. The van der Waals surface area contributed by atoms with Gasteiger partial charge in [0.2, 0.25) is 0 Å². The Labute approximate surface area is 150 Å². The average Bonchev–Trinajstić information content (AvgIpc) is 2.59. The van der Waals surface area contributed by atoms with Crippen molar-refractivity contribution in [1.29, 1.82) is 0 Å². The van der Waals surface area contributed by atoms with Crippen LogP contribution in [0.3, 0.4) is 0 Å². The van der Waals surface area contributed by atoms with Gasteiger partial charge in [0, 0.05) is 16.3 Å². The van der Waals surface area contributed by atoms with Crippen molar-refractivity contribution < 1.29 is 14.3 Å². The number of hydrogen-bond donors (Lipinski definition) is 2. The predicted octanol–water partition coefficient (Wildman–Crippen LogP) is 3.14. The van der Waals surface area contributed by atoms with Crippen molar-refractivity contribution in [3.05, 3.63) is 58.6 Å². The molecule has 0 aliphatic carbocycles. The minimum atomic E-state index is -0.878. The van der Waals surface area contributed by atoms with E-state index in [0.717, 1.165) is 5.56 Å². The van der Waals surface area contributed by atoms with E-state index >= 15 is 0 Å². The molecular weight excluding hydrogens is 342 g/mol. The smallest absolute Gasteiger partial charge is 0.329 e. The lowest BCUT2D eigenvalue weighted by atomic mass is 10.2. The van der Waals surface area contributed by atoms with E-state index in [1.54, 1.807) is 30.3 Å². The van der Waals surface area contributed by atoms with Crippen molar-refractivity contribution in [2.24, 2.45) is 5.10 Å². The van der Waals surface area contributed by atoms with Crippen molar-refractivity contribution in [2.45, 2.75) is 13.8 Å². The van der Waals surface area contributed by atoms with Gasteiger partial charge in [-0.05, 0) is 44.2 Å². The molecule has 0 aliphatic heterocycles. The third-order valence-corrected chi connectivity index (χ3v) is 3.39. The third kappa shape index (κ3) is 5.61. The number of hydrogen-bond acceptors (Lipinski definition) is 4. The van der Waals surface area contributed by atoms with Crippen molar-refractivity contribution in [3.8, 4) is 5.75 Å². The number of ether oxygens (including phenoxy) is 1. The summed E-state index contributed by atoms with van der Waals surface area (Å²) in [6.07, 6.45) is 1.37. The highest BCUT2D eigenvalue weighted by molar-refractivity contribution is 6.39. The normalized spacial score (nSPS) is 10.5. The van der Waals surface area contributed by atoms with Crippen LogP contribution in [0.5, 0.6) is 5.75 Å². The third-order valence-electron chi connectivity index (χ3n) is 3.16. The number of anilines is 1. The standard InChI is InChI=1S/C18H18ClN3O3/c1-3-25-16-9-6-14(19)10-13(16)11-20-22-18(24)17(23)21-15-7-4-12(2)5-8-15/h4-11H,3H2,1-2H3,(H,21,23)(H,22,24)/b20-11-. The zero-order valence-electron chi connectivity index (χ0n) is 13.9. The first-order valence-electron chi connectivity index (χ1n) is 7.63. The highest BCUT2D eigenvalue weighted by Crippen LogP contribution is 2.21. The minimum Gasteiger partial charge on any atom is -0.493 e. The molecule has 0 saturated carbocycles. The van der Waals surface area contributed by atoms with Gasteiger partial charge in [0.1, 0.15) is 5.75 Å². The Balaban J connectivity index is 1.97. The molecule has 0 radical (unpaired) electrons. The molecule has 6 nitrogen and oxygen atoms in total. The Kier molecular flexibility index (Phi) is 6.54. The van der Waals surface area contributed by atoms with Crippen LogP contribution in [0, 0.1) is 6.92 Å². The van der Waals surface area contributed by atoms with Crippen LogP contribution in [0.15, 0.2) is 47.6 Å². The summed E-state index contributed by atoms with van der Waals surface area (Å²) >= 11 is 5.94. The Morgan fingerprint density at radius 3 is 2.56 bits per heavy atom. The second-order valence-electron chi connectivity index (χ2n) is 5.13. The topological polar surface area (TPSA) is 79.8 Å². The second kappa shape index (κ2) is 8.84. The number of halogens is 1. The average molecular weight is 360 g/mol. The first-order valence-corrected chi connectivity index (χ1v) is 8.00. The zero-order chi connectivity index (χ0) is 18.2. The zero-order valence-corrected chi connectivity index (χ0v) is 14.6. The van der Waals surface area contributed by atoms with Gasteiger partial charge in [0.05, 0.1) is 12.8 Å². The second-order valence-corrected chi connectivity index (χ2v) is 5.57. The van der Waals surface area contributed by atoms with Crippen LogP contribution in [0.2, 0.25) is 5.02 Å². The van der Waals surface area contributed by atoms with Crippen molar-refractivity contribution in [3.63, 3.8) is 0 Å². The van der Waals surface area contributed by atoms with Gasteiger partial charge in [0.25, 0.3) is 0 Å². The SMILES string of the molecule is CCOc1ccc(Cl)cc1/C=N\NC(=O)C(=O)Nc1ccc(C)cc1. The van der Waals surface area contributed by atoms with Gasteiger partial charge in [-0.1, -0.05) is 29.3 Å². The van der Waals surface area contributed by atoms with E-state index in [2.05, 4.69) is 15.8 Å². The van der Waals surface area contributed by atoms with E-state index in [4.69, 9.17) is 16.3 Å². The molecular formula is C18H18ClN3O3. The van der Waals surface area contributed by atoms with Gasteiger partial charge in [-0.25, -0.2) is 5.43 Å². The van der Waals surface area contributed by atoms with Crippen LogP contribution in [-0.2, 0) is 9.59 Å². The quantitative estimate of drug-likeness (QED) is 0.489. The maximum atomic E-state index is 11.8. The lowest BCUT2D eigenvalue weighted by Gasteiger charge is -2.07. The van der Waals surface area contributed by atoms with Gasteiger partial charge in [-0.15, -0.1) is 0 Å². The molecule has 25 heavy (non-hydrogen) atoms. The molecule has 0 heterocycles. The summed E-state index contributed by atoms with van der Waals surface area (Å²) in [6.45, 7) is 4.26. The first kappa shape index (κ1) is 18.5. The number of carbonyl (C=O) groups excluding carboxylic acids is 2. The van der Waals surface area contributed by atoms with Crippen molar-refractivity contribution in [1.82, 2.24) is 5.43 Å². The largest absolute Gasteiger partial charge is 0.493 e. The summed E-state index contributed by atoms with van der Waals surface area (Å²) in [5.74, 6) is -1.11. The first-order chi connectivity index (χ1) is 12.0. The van der Waals surface area contributed by atoms with E-state index in [1.165, 1.54) is 6.21 Å². The number of aryl methyl sites for hydroxylation is 1. The number of nitrogens with one attached hydrogen (secondary N) is 2. The molecule has 0 aromatic heterocycles.